The van der Waals surface area contributed by atoms with Crippen LogP contribution in [0.5, 0.6) is 0 Å². The van der Waals surface area contributed by atoms with Gasteiger partial charge >= 0.3 is 11.9 Å². The molecule has 1 aromatic carbocycles. The number of benzene rings is 1. The highest BCUT2D eigenvalue weighted by atomic mass is 32.1. The molecule has 2 amide bonds. The number of nitrogens with zero attached hydrogens (tertiary/aromatic N) is 2. The Morgan fingerprint density at radius 2 is 2.08 bits per heavy atom. The molecule has 4 rings (SSSR count). The number of carbonyl (C=O) groups excluding carboxylic acids is 3. The lowest BCUT2D eigenvalue weighted by atomic mass is 10.0. The maximum Gasteiger partial charge on any atom is 0.358 e. The second kappa shape index (κ2) is 11.4. The van der Waals surface area contributed by atoms with Crippen molar-refractivity contribution in [3.63, 3.8) is 0 Å². The molecule has 1 N–H and O–H groups in total. The Labute approximate surface area is 224 Å². The van der Waals surface area contributed by atoms with Crippen molar-refractivity contribution in [1.29, 1.82) is 0 Å². The number of piperidine rings is 1. The summed E-state index contributed by atoms with van der Waals surface area (Å²) >= 11 is 0.754. The van der Waals surface area contributed by atoms with Crippen molar-refractivity contribution in [3.8, 4) is 11.5 Å². The first-order valence-corrected chi connectivity index (χ1v) is 12.6. The van der Waals surface area contributed by atoms with Crippen LogP contribution in [0.15, 0.2) is 52.5 Å². The molecule has 1 aliphatic heterocycles. The Bertz CT molecular complexity index is 1390. The monoisotopic (exact) mass is 565 g/mol. The molecule has 3 heterocycles. The number of ether oxygens (including phenoxy) is 1. The van der Waals surface area contributed by atoms with Crippen LogP contribution < -0.4 is 5.32 Å². The van der Waals surface area contributed by atoms with E-state index in [1.165, 1.54) is 42.8 Å². The Balaban J connectivity index is 1.55. The van der Waals surface area contributed by atoms with E-state index in [9.17, 15) is 31.9 Å². The van der Waals surface area contributed by atoms with Gasteiger partial charge in [0.15, 0.2) is 5.69 Å². The predicted molar refractivity (Wildman–Crippen MR) is 133 cm³/mol. The van der Waals surface area contributed by atoms with Crippen molar-refractivity contribution < 1.29 is 41.1 Å². The number of nitrogens with one attached hydrogen (secondary N) is 1. The number of aromatic nitrogens is 1. The van der Waals surface area contributed by atoms with Crippen molar-refractivity contribution in [1.82, 2.24) is 15.2 Å². The van der Waals surface area contributed by atoms with Crippen molar-refractivity contribution in [2.45, 2.75) is 31.2 Å². The topological polar surface area (TPSA) is 102 Å². The van der Waals surface area contributed by atoms with Crippen LogP contribution in [0, 0.1) is 0 Å². The van der Waals surface area contributed by atoms with Crippen LogP contribution in [0.3, 0.4) is 0 Å². The highest BCUT2D eigenvalue weighted by molar-refractivity contribution is 7.10. The Kier molecular flexibility index (Phi) is 8.19. The molecule has 39 heavy (non-hydrogen) atoms. The molecule has 0 saturated carbocycles. The van der Waals surface area contributed by atoms with Gasteiger partial charge in [-0.05, 0) is 47.2 Å². The zero-order chi connectivity index (χ0) is 28.2. The first-order valence-electron chi connectivity index (χ1n) is 11.7. The van der Waals surface area contributed by atoms with E-state index >= 15 is 0 Å². The number of oxazole rings is 1. The molecule has 8 nitrogen and oxygen atoms in total. The number of amides is 2. The van der Waals surface area contributed by atoms with Crippen molar-refractivity contribution >= 4 is 35.2 Å². The fourth-order valence-corrected chi connectivity index (χ4v) is 4.63. The zero-order valence-corrected chi connectivity index (χ0v) is 21.4. The minimum atomic E-state index is -3.73. The first kappa shape index (κ1) is 28.0. The zero-order valence-electron chi connectivity index (χ0n) is 20.6. The largest absolute Gasteiger partial charge is 0.466 e. The summed E-state index contributed by atoms with van der Waals surface area (Å²) in [6.45, 7) is -0.826. The van der Waals surface area contributed by atoms with Crippen LogP contribution in [0.1, 0.15) is 39.3 Å². The van der Waals surface area contributed by atoms with Crippen LogP contribution in [-0.4, -0.2) is 53.8 Å². The van der Waals surface area contributed by atoms with Crippen LogP contribution in [0.2, 0.25) is 0 Å². The summed E-state index contributed by atoms with van der Waals surface area (Å²) in [5.74, 6) is -9.57. The van der Waals surface area contributed by atoms with Gasteiger partial charge < -0.3 is 19.4 Å². The highest BCUT2D eigenvalue weighted by Crippen LogP contribution is 2.32. The number of methoxy groups -OCH3 is 1. The average Bonchev–Trinajstić information content (AvgIpc) is 3.63. The van der Waals surface area contributed by atoms with Crippen LogP contribution in [0.4, 0.5) is 17.6 Å². The van der Waals surface area contributed by atoms with E-state index in [0.717, 1.165) is 34.6 Å². The molecule has 0 spiro atoms. The molecule has 0 radical (unpaired) electrons. The normalized spacial score (nSPS) is 15.4. The molecule has 0 atom stereocenters. The van der Waals surface area contributed by atoms with E-state index in [-0.39, 0.29) is 37.5 Å². The highest BCUT2D eigenvalue weighted by Gasteiger charge is 2.42. The minimum absolute atomic E-state index is 0.00495. The number of rotatable bonds is 8. The molecule has 13 heteroatoms. The van der Waals surface area contributed by atoms with Crippen molar-refractivity contribution in [2.75, 3.05) is 20.2 Å². The standard InChI is InChI=1S/C26H23F4N3O5S/c1-37-21(34)8-7-16-12-17(5-6-18(16)13-31-24(36)26(29,30)20-4-2-11-39-20)22-32-19(14-38-22)23(35)33-10-3-9-25(27,28)15-33/h2,4-8,11-12,14H,3,9-10,13,15H2,1H3,(H,31,36)/b8-7+. The molecule has 0 unspecified atom stereocenters. The quantitative estimate of drug-likeness (QED) is 0.238. The van der Waals surface area contributed by atoms with Crippen LogP contribution in [-0.2, 0) is 26.8 Å². The fourth-order valence-electron chi connectivity index (χ4n) is 3.93. The van der Waals surface area contributed by atoms with Gasteiger partial charge in [-0.15, -0.1) is 11.3 Å². The second-order valence-electron chi connectivity index (χ2n) is 8.73. The molecule has 1 fully saturated rings. The van der Waals surface area contributed by atoms with Crippen molar-refractivity contribution in [3.05, 3.63) is 69.7 Å². The lowest BCUT2D eigenvalue weighted by Crippen LogP contribution is -2.45. The second-order valence-corrected chi connectivity index (χ2v) is 9.68. The number of halogens is 4. The van der Waals surface area contributed by atoms with Gasteiger partial charge in [-0.2, -0.15) is 8.78 Å². The molecular formula is C26H23F4N3O5S. The molecular weight excluding hydrogens is 542 g/mol. The van der Waals surface area contributed by atoms with Gasteiger partial charge in [0.1, 0.15) is 6.26 Å². The fraction of sp³-hybridized carbons (Fsp3) is 0.308. The maximum absolute atomic E-state index is 14.4. The Hall–Kier alpha value is -4.00. The number of alkyl halides is 4. The van der Waals surface area contributed by atoms with Crippen molar-refractivity contribution in [2.24, 2.45) is 0 Å². The third kappa shape index (κ3) is 6.53. The number of hydrogen-bond acceptors (Lipinski definition) is 7. The lowest BCUT2D eigenvalue weighted by molar-refractivity contribution is -0.146. The summed E-state index contributed by atoms with van der Waals surface area (Å²) < 4.78 is 66.4. The summed E-state index contributed by atoms with van der Waals surface area (Å²) in [6, 6.07) is 7.11. The third-order valence-corrected chi connectivity index (χ3v) is 6.89. The third-order valence-electron chi connectivity index (χ3n) is 5.95. The van der Waals surface area contributed by atoms with Gasteiger partial charge in [-0.3, -0.25) is 9.59 Å². The summed E-state index contributed by atoms with van der Waals surface area (Å²) in [6.07, 6.45) is 3.40. The number of hydrogen-bond donors (Lipinski definition) is 1. The van der Waals surface area contributed by atoms with E-state index in [0.29, 0.717) is 16.7 Å². The SMILES string of the molecule is COC(=O)/C=C/c1cc(-c2nc(C(=O)N3CCCC(F)(F)C3)co2)ccc1CNC(=O)C(F)(F)c1cccs1. The molecule has 2 aromatic heterocycles. The van der Waals surface area contributed by atoms with E-state index in [1.54, 1.807) is 0 Å². The van der Waals surface area contributed by atoms with Crippen LogP contribution in [0.25, 0.3) is 17.5 Å². The molecule has 1 aliphatic rings. The first-order chi connectivity index (χ1) is 18.5. The molecule has 3 aromatic rings. The predicted octanol–water partition coefficient (Wildman–Crippen LogP) is 4.87. The molecule has 0 aliphatic carbocycles. The number of esters is 1. The van der Waals surface area contributed by atoms with Gasteiger partial charge in [-0.25, -0.2) is 18.6 Å². The summed E-state index contributed by atoms with van der Waals surface area (Å²) in [7, 11) is 1.18. The lowest BCUT2D eigenvalue weighted by Gasteiger charge is -2.31. The smallest absolute Gasteiger partial charge is 0.358 e. The number of likely N-dealkylation sites (tertiary alicyclic amines) is 1. The summed E-state index contributed by atoms with van der Waals surface area (Å²) in [5, 5.41) is 3.65. The van der Waals surface area contributed by atoms with Crippen LogP contribution >= 0.6 is 11.3 Å². The molecule has 0 bridgehead atoms. The van der Waals surface area contributed by atoms with Gasteiger partial charge in [0.05, 0.1) is 18.5 Å². The van der Waals surface area contributed by atoms with Gasteiger partial charge in [0, 0.05) is 31.1 Å². The van der Waals surface area contributed by atoms with E-state index in [1.807, 2.05) is 0 Å². The van der Waals surface area contributed by atoms with Gasteiger partial charge in [-0.1, -0.05) is 12.1 Å². The summed E-state index contributed by atoms with van der Waals surface area (Å²) in [5.41, 5.74) is 0.926. The number of carbonyl (C=O) groups is 3. The number of thiophene rings is 1. The Morgan fingerprint density at radius 3 is 2.77 bits per heavy atom. The Morgan fingerprint density at radius 1 is 1.28 bits per heavy atom. The van der Waals surface area contributed by atoms with E-state index in [4.69, 9.17) is 4.42 Å². The molecule has 206 valence electrons. The van der Waals surface area contributed by atoms with Gasteiger partial charge in [0.25, 0.3) is 17.7 Å². The summed E-state index contributed by atoms with van der Waals surface area (Å²) in [4.78, 5) is 41.3. The van der Waals surface area contributed by atoms with Gasteiger partial charge in [0.2, 0.25) is 5.89 Å². The maximum atomic E-state index is 14.4. The minimum Gasteiger partial charge on any atom is -0.466 e. The average molecular weight is 566 g/mol. The van der Waals surface area contributed by atoms with E-state index < -0.39 is 41.1 Å². The van der Waals surface area contributed by atoms with E-state index in [2.05, 4.69) is 15.0 Å². The molecule has 1 saturated heterocycles.